The number of amides is 3. The van der Waals surface area contributed by atoms with E-state index in [-0.39, 0.29) is 12.1 Å². The standard InChI is InChI=1S/C23H30N2O5/c1-14-3-15(2)5-19(4-14)29-13-21(27)30-12-20(26)24-22(28)25-23-9-16-6-17(10-23)8-18(7-16)11-23/h3-5,16-18H,6-13H2,1-2H3,(H2,24,25,26,28). The van der Waals surface area contributed by atoms with Gasteiger partial charge in [0.25, 0.3) is 5.91 Å². The van der Waals surface area contributed by atoms with Crippen LogP contribution in [0.15, 0.2) is 18.2 Å². The molecular weight excluding hydrogens is 384 g/mol. The number of hydrogen-bond acceptors (Lipinski definition) is 5. The average molecular weight is 415 g/mol. The largest absolute Gasteiger partial charge is 0.482 e. The van der Waals surface area contributed by atoms with Gasteiger partial charge in [0.2, 0.25) is 0 Å². The third-order valence-electron chi connectivity index (χ3n) is 6.59. The van der Waals surface area contributed by atoms with Gasteiger partial charge in [-0.3, -0.25) is 10.1 Å². The third-order valence-corrected chi connectivity index (χ3v) is 6.59. The average Bonchev–Trinajstić information content (AvgIpc) is 2.62. The summed E-state index contributed by atoms with van der Waals surface area (Å²) in [5, 5.41) is 5.36. The summed E-state index contributed by atoms with van der Waals surface area (Å²) in [6, 6.07) is 5.15. The van der Waals surface area contributed by atoms with Gasteiger partial charge in [-0.15, -0.1) is 0 Å². The molecule has 30 heavy (non-hydrogen) atoms. The summed E-state index contributed by atoms with van der Waals surface area (Å²) in [5.41, 5.74) is 1.89. The Morgan fingerprint density at radius 2 is 1.50 bits per heavy atom. The van der Waals surface area contributed by atoms with Crippen LogP contribution in [0.2, 0.25) is 0 Å². The van der Waals surface area contributed by atoms with Gasteiger partial charge in [0.05, 0.1) is 0 Å². The molecule has 5 rings (SSSR count). The summed E-state index contributed by atoms with van der Waals surface area (Å²) in [4.78, 5) is 36.2. The van der Waals surface area contributed by atoms with E-state index in [0.717, 1.165) is 30.4 Å². The van der Waals surface area contributed by atoms with Crippen molar-refractivity contribution in [2.24, 2.45) is 17.8 Å². The first-order chi connectivity index (χ1) is 14.3. The molecule has 4 saturated carbocycles. The number of nitrogens with one attached hydrogen (secondary N) is 2. The molecule has 2 N–H and O–H groups in total. The summed E-state index contributed by atoms with van der Waals surface area (Å²) in [6.45, 7) is 3.08. The van der Waals surface area contributed by atoms with Gasteiger partial charge in [-0.2, -0.15) is 0 Å². The second kappa shape index (κ2) is 8.28. The maximum atomic E-state index is 12.3. The number of carbonyl (C=O) groups excluding carboxylic acids is 3. The number of benzene rings is 1. The van der Waals surface area contributed by atoms with Gasteiger partial charge >= 0.3 is 12.0 Å². The fourth-order valence-corrected chi connectivity index (χ4v) is 6.04. The Morgan fingerprint density at radius 3 is 2.07 bits per heavy atom. The maximum absolute atomic E-state index is 12.3. The molecule has 0 spiro atoms. The zero-order valence-electron chi connectivity index (χ0n) is 17.7. The van der Waals surface area contributed by atoms with Gasteiger partial charge in [0, 0.05) is 5.54 Å². The number of imide groups is 1. The summed E-state index contributed by atoms with van der Waals surface area (Å²) in [6.07, 6.45) is 6.85. The topological polar surface area (TPSA) is 93.7 Å². The van der Waals surface area contributed by atoms with Crippen LogP contribution in [0.25, 0.3) is 0 Å². The second-order valence-electron chi connectivity index (χ2n) is 9.47. The van der Waals surface area contributed by atoms with E-state index in [0.29, 0.717) is 23.5 Å². The number of ether oxygens (including phenoxy) is 2. The van der Waals surface area contributed by atoms with Crippen molar-refractivity contribution in [3.05, 3.63) is 29.3 Å². The van der Waals surface area contributed by atoms with E-state index in [1.807, 2.05) is 32.0 Å². The molecular formula is C23H30N2O5. The molecule has 0 atom stereocenters. The molecule has 0 unspecified atom stereocenters. The molecule has 7 heteroatoms. The first-order valence-corrected chi connectivity index (χ1v) is 10.8. The third kappa shape index (κ3) is 4.94. The Morgan fingerprint density at radius 1 is 0.933 bits per heavy atom. The molecule has 3 amide bonds. The van der Waals surface area contributed by atoms with E-state index in [2.05, 4.69) is 10.6 Å². The Kier molecular flexibility index (Phi) is 5.71. The number of hydrogen-bond donors (Lipinski definition) is 2. The van der Waals surface area contributed by atoms with E-state index in [1.54, 1.807) is 0 Å². The Bertz CT molecular complexity index is 794. The summed E-state index contributed by atoms with van der Waals surface area (Å²) in [5.74, 6) is 1.37. The van der Waals surface area contributed by atoms with Gasteiger partial charge in [0.15, 0.2) is 13.2 Å². The molecule has 4 aliphatic carbocycles. The first-order valence-electron chi connectivity index (χ1n) is 10.8. The lowest BCUT2D eigenvalue weighted by Crippen LogP contribution is -2.62. The van der Waals surface area contributed by atoms with Gasteiger partial charge in [-0.25, -0.2) is 9.59 Å². The molecule has 4 bridgehead atoms. The van der Waals surface area contributed by atoms with Crippen molar-refractivity contribution in [1.29, 1.82) is 0 Å². The maximum Gasteiger partial charge on any atom is 0.344 e. The predicted molar refractivity (Wildman–Crippen MR) is 110 cm³/mol. The van der Waals surface area contributed by atoms with Crippen LogP contribution in [0.1, 0.15) is 49.7 Å². The van der Waals surface area contributed by atoms with Gasteiger partial charge in [0.1, 0.15) is 5.75 Å². The van der Waals surface area contributed by atoms with Crippen LogP contribution in [0, 0.1) is 31.6 Å². The zero-order chi connectivity index (χ0) is 21.3. The Balaban J connectivity index is 1.18. The fraction of sp³-hybridized carbons (Fsp3) is 0.609. The van der Waals surface area contributed by atoms with Crippen molar-refractivity contribution >= 4 is 17.9 Å². The summed E-state index contributed by atoms with van der Waals surface area (Å²) >= 11 is 0. The van der Waals surface area contributed by atoms with Crippen LogP contribution in [0.5, 0.6) is 5.75 Å². The lowest BCUT2D eigenvalue weighted by molar-refractivity contribution is -0.150. The number of rotatable bonds is 6. The predicted octanol–water partition coefficient (Wildman–Crippen LogP) is 3.02. The van der Waals surface area contributed by atoms with Crippen molar-refractivity contribution in [3.63, 3.8) is 0 Å². The second-order valence-corrected chi connectivity index (χ2v) is 9.47. The van der Waals surface area contributed by atoms with Gasteiger partial charge < -0.3 is 14.8 Å². The van der Waals surface area contributed by atoms with Crippen molar-refractivity contribution in [2.45, 2.75) is 57.9 Å². The van der Waals surface area contributed by atoms with E-state index >= 15 is 0 Å². The van der Waals surface area contributed by atoms with Crippen molar-refractivity contribution in [3.8, 4) is 5.75 Å². The molecule has 162 valence electrons. The summed E-state index contributed by atoms with van der Waals surface area (Å²) in [7, 11) is 0. The monoisotopic (exact) mass is 414 g/mol. The Labute approximate surface area is 176 Å². The Hall–Kier alpha value is -2.57. The summed E-state index contributed by atoms with van der Waals surface area (Å²) < 4.78 is 10.3. The molecule has 0 saturated heterocycles. The zero-order valence-corrected chi connectivity index (χ0v) is 17.7. The van der Waals surface area contributed by atoms with Crippen molar-refractivity contribution < 1.29 is 23.9 Å². The molecule has 1 aromatic rings. The minimum atomic E-state index is -0.661. The fourth-order valence-electron chi connectivity index (χ4n) is 6.04. The van der Waals surface area contributed by atoms with E-state index in [9.17, 15) is 14.4 Å². The smallest absolute Gasteiger partial charge is 0.344 e. The van der Waals surface area contributed by atoms with Crippen LogP contribution >= 0.6 is 0 Å². The van der Waals surface area contributed by atoms with Crippen LogP contribution < -0.4 is 15.4 Å². The lowest BCUT2D eigenvalue weighted by Gasteiger charge is -2.56. The number of esters is 1. The molecule has 0 radical (unpaired) electrons. The molecule has 0 heterocycles. The minimum Gasteiger partial charge on any atom is -0.482 e. The number of carbonyl (C=O) groups is 3. The molecule has 0 aliphatic heterocycles. The van der Waals surface area contributed by atoms with E-state index < -0.39 is 24.5 Å². The van der Waals surface area contributed by atoms with E-state index in [1.165, 1.54) is 19.3 Å². The minimum absolute atomic E-state index is 0.171. The highest BCUT2D eigenvalue weighted by atomic mass is 16.6. The highest BCUT2D eigenvalue weighted by molar-refractivity contribution is 5.95. The van der Waals surface area contributed by atoms with Crippen LogP contribution in [0.3, 0.4) is 0 Å². The van der Waals surface area contributed by atoms with Crippen LogP contribution in [-0.4, -0.2) is 36.7 Å². The van der Waals surface area contributed by atoms with Crippen LogP contribution in [-0.2, 0) is 14.3 Å². The van der Waals surface area contributed by atoms with Gasteiger partial charge in [-0.1, -0.05) is 6.07 Å². The normalized spacial score (nSPS) is 28.7. The molecule has 4 aliphatic rings. The highest BCUT2D eigenvalue weighted by Gasteiger charge is 2.51. The van der Waals surface area contributed by atoms with Crippen molar-refractivity contribution in [2.75, 3.05) is 13.2 Å². The van der Waals surface area contributed by atoms with Gasteiger partial charge in [-0.05, 0) is 93.4 Å². The molecule has 0 aromatic heterocycles. The highest BCUT2D eigenvalue weighted by Crippen LogP contribution is 2.55. The number of urea groups is 1. The molecule has 7 nitrogen and oxygen atoms in total. The number of aryl methyl sites for hydroxylation is 2. The molecule has 4 fully saturated rings. The SMILES string of the molecule is Cc1cc(C)cc(OCC(=O)OCC(=O)NC(=O)NC23CC4CC(CC(C4)C2)C3)c1. The van der Waals surface area contributed by atoms with Crippen LogP contribution in [0.4, 0.5) is 4.79 Å². The quantitative estimate of drug-likeness (QED) is 0.698. The van der Waals surface area contributed by atoms with Crippen molar-refractivity contribution in [1.82, 2.24) is 10.6 Å². The van der Waals surface area contributed by atoms with E-state index in [4.69, 9.17) is 9.47 Å². The molecule has 1 aromatic carbocycles. The lowest BCUT2D eigenvalue weighted by atomic mass is 9.53. The first kappa shape index (κ1) is 20.7.